The SMILES string of the molecule is CCCCCCC/C(O)=C/C(=O)CCc1ccc(O)c(OC)c1. The Labute approximate surface area is 138 Å². The third-order valence-corrected chi connectivity index (χ3v) is 3.77. The average Bonchev–Trinajstić information content (AvgIpc) is 2.54. The molecule has 0 saturated carbocycles. The minimum atomic E-state index is -0.0805. The maximum Gasteiger partial charge on any atom is 0.160 e. The van der Waals surface area contributed by atoms with Gasteiger partial charge < -0.3 is 14.9 Å². The van der Waals surface area contributed by atoms with Crippen molar-refractivity contribution in [3.8, 4) is 11.5 Å². The smallest absolute Gasteiger partial charge is 0.160 e. The summed E-state index contributed by atoms with van der Waals surface area (Å²) in [5.74, 6) is 0.585. The molecule has 0 aliphatic rings. The van der Waals surface area contributed by atoms with Crippen LogP contribution in [0.5, 0.6) is 11.5 Å². The predicted octanol–water partition coefficient (Wildman–Crippen LogP) is 4.70. The number of rotatable bonds is 11. The van der Waals surface area contributed by atoms with E-state index in [1.165, 1.54) is 32.4 Å². The molecule has 128 valence electrons. The van der Waals surface area contributed by atoms with Crippen molar-refractivity contribution in [1.29, 1.82) is 0 Å². The second kappa shape index (κ2) is 10.7. The van der Waals surface area contributed by atoms with Crippen LogP contribution in [-0.2, 0) is 11.2 Å². The summed E-state index contributed by atoms with van der Waals surface area (Å²) in [7, 11) is 1.49. The van der Waals surface area contributed by atoms with Crippen molar-refractivity contribution < 1.29 is 19.7 Å². The number of carbonyl (C=O) groups excluding carboxylic acids is 1. The van der Waals surface area contributed by atoms with Crippen molar-refractivity contribution >= 4 is 5.78 Å². The molecule has 0 atom stereocenters. The molecular formula is C19H28O4. The molecular weight excluding hydrogens is 292 g/mol. The number of aromatic hydroxyl groups is 1. The monoisotopic (exact) mass is 320 g/mol. The number of allylic oxidation sites excluding steroid dienone is 2. The van der Waals surface area contributed by atoms with Crippen LogP contribution in [0.4, 0.5) is 0 Å². The van der Waals surface area contributed by atoms with Gasteiger partial charge in [-0.2, -0.15) is 0 Å². The largest absolute Gasteiger partial charge is 0.512 e. The number of methoxy groups -OCH3 is 1. The fraction of sp³-hybridized carbons (Fsp3) is 0.526. The number of aliphatic hydroxyl groups is 1. The van der Waals surface area contributed by atoms with Crippen LogP contribution in [0.15, 0.2) is 30.0 Å². The van der Waals surface area contributed by atoms with E-state index in [0.29, 0.717) is 25.0 Å². The van der Waals surface area contributed by atoms with E-state index in [-0.39, 0.29) is 17.3 Å². The molecule has 0 amide bonds. The zero-order chi connectivity index (χ0) is 17.1. The Hall–Kier alpha value is -1.97. The first kappa shape index (κ1) is 19.1. The third-order valence-electron chi connectivity index (χ3n) is 3.77. The van der Waals surface area contributed by atoms with Crippen molar-refractivity contribution in [2.45, 2.75) is 58.3 Å². The van der Waals surface area contributed by atoms with Gasteiger partial charge in [-0.3, -0.25) is 4.79 Å². The highest BCUT2D eigenvalue weighted by molar-refractivity contribution is 5.90. The number of phenols is 1. The molecule has 0 aromatic heterocycles. The lowest BCUT2D eigenvalue weighted by molar-refractivity contribution is -0.114. The number of unbranched alkanes of at least 4 members (excludes halogenated alkanes) is 4. The van der Waals surface area contributed by atoms with E-state index in [1.54, 1.807) is 18.2 Å². The van der Waals surface area contributed by atoms with Crippen LogP contribution in [0.2, 0.25) is 0 Å². The first-order valence-corrected chi connectivity index (χ1v) is 8.35. The fourth-order valence-electron chi connectivity index (χ4n) is 2.38. The number of ketones is 1. The van der Waals surface area contributed by atoms with Gasteiger partial charge in [0.2, 0.25) is 0 Å². The number of benzene rings is 1. The molecule has 4 nitrogen and oxygen atoms in total. The Morgan fingerprint density at radius 1 is 1.17 bits per heavy atom. The fourth-order valence-corrected chi connectivity index (χ4v) is 2.38. The zero-order valence-corrected chi connectivity index (χ0v) is 14.2. The van der Waals surface area contributed by atoms with Gasteiger partial charge in [-0.25, -0.2) is 0 Å². The van der Waals surface area contributed by atoms with Crippen LogP contribution >= 0.6 is 0 Å². The molecule has 0 radical (unpaired) electrons. The van der Waals surface area contributed by atoms with E-state index in [0.717, 1.165) is 18.4 Å². The summed E-state index contributed by atoms with van der Waals surface area (Å²) >= 11 is 0. The zero-order valence-electron chi connectivity index (χ0n) is 14.2. The maximum absolute atomic E-state index is 11.9. The van der Waals surface area contributed by atoms with Crippen molar-refractivity contribution in [3.05, 3.63) is 35.6 Å². The van der Waals surface area contributed by atoms with Gasteiger partial charge >= 0.3 is 0 Å². The summed E-state index contributed by atoms with van der Waals surface area (Å²) in [4.78, 5) is 11.9. The highest BCUT2D eigenvalue weighted by atomic mass is 16.5. The van der Waals surface area contributed by atoms with Crippen molar-refractivity contribution in [3.63, 3.8) is 0 Å². The molecule has 0 aliphatic carbocycles. The second-order valence-corrected chi connectivity index (χ2v) is 5.77. The maximum atomic E-state index is 11.9. The molecule has 0 unspecified atom stereocenters. The molecule has 1 aromatic rings. The van der Waals surface area contributed by atoms with Gasteiger partial charge in [-0.15, -0.1) is 0 Å². The molecule has 0 saturated heterocycles. The molecule has 0 aliphatic heterocycles. The molecule has 1 rings (SSSR count). The predicted molar refractivity (Wildman–Crippen MR) is 92.1 cm³/mol. The van der Waals surface area contributed by atoms with Gasteiger partial charge in [0, 0.05) is 18.9 Å². The van der Waals surface area contributed by atoms with Gasteiger partial charge in [-0.05, 0) is 30.5 Å². The molecule has 4 heteroatoms. The summed E-state index contributed by atoms with van der Waals surface area (Å²) in [5, 5.41) is 19.3. The highest BCUT2D eigenvalue weighted by Crippen LogP contribution is 2.26. The van der Waals surface area contributed by atoms with E-state index < -0.39 is 0 Å². The summed E-state index contributed by atoms with van der Waals surface area (Å²) in [6, 6.07) is 5.05. The first-order chi connectivity index (χ1) is 11.1. The normalized spacial score (nSPS) is 11.5. The Morgan fingerprint density at radius 3 is 2.61 bits per heavy atom. The van der Waals surface area contributed by atoms with Crippen LogP contribution in [0, 0.1) is 0 Å². The van der Waals surface area contributed by atoms with Crippen molar-refractivity contribution in [2.24, 2.45) is 0 Å². The van der Waals surface area contributed by atoms with Crippen LogP contribution in [0.3, 0.4) is 0 Å². The Bertz CT molecular complexity index is 520. The van der Waals surface area contributed by atoms with E-state index in [9.17, 15) is 15.0 Å². The molecule has 0 spiro atoms. The summed E-state index contributed by atoms with van der Waals surface area (Å²) < 4.78 is 5.04. The number of aryl methyl sites for hydroxylation is 1. The van der Waals surface area contributed by atoms with Crippen molar-refractivity contribution in [1.82, 2.24) is 0 Å². The van der Waals surface area contributed by atoms with Crippen LogP contribution in [0.25, 0.3) is 0 Å². The highest BCUT2D eigenvalue weighted by Gasteiger charge is 2.06. The van der Waals surface area contributed by atoms with E-state index in [1.807, 2.05) is 0 Å². The van der Waals surface area contributed by atoms with E-state index in [2.05, 4.69) is 6.92 Å². The lowest BCUT2D eigenvalue weighted by Gasteiger charge is -2.06. The molecule has 1 aromatic carbocycles. The van der Waals surface area contributed by atoms with E-state index >= 15 is 0 Å². The Balaban J connectivity index is 2.36. The van der Waals surface area contributed by atoms with Gasteiger partial charge in [0.25, 0.3) is 0 Å². The number of aliphatic hydroxyl groups excluding tert-OH is 1. The third kappa shape index (κ3) is 7.73. The quantitative estimate of drug-likeness (QED) is 0.352. The molecule has 0 bridgehead atoms. The summed E-state index contributed by atoms with van der Waals surface area (Å²) in [5.41, 5.74) is 0.917. The van der Waals surface area contributed by atoms with E-state index in [4.69, 9.17) is 4.74 Å². The van der Waals surface area contributed by atoms with Gasteiger partial charge in [0.1, 0.15) is 0 Å². The molecule has 23 heavy (non-hydrogen) atoms. The molecule has 2 N–H and O–H groups in total. The number of carbonyl (C=O) groups is 1. The number of hydrogen-bond acceptors (Lipinski definition) is 4. The number of ether oxygens (including phenoxy) is 1. The average molecular weight is 320 g/mol. The molecule has 0 heterocycles. The van der Waals surface area contributed by atoms with Crippen LogP contribution in [-0.4, -0.2) is 23.1 Å². The van der Waals surface area contributed by atoms with Gasteiger partial charge in [0.05, 0.1) is 12.9 Å². The standard InChI is InChI=1S/C19H28O4/c1-3-4-5-6-7-8-16(20)14-17(21)11-9-15-10-12-18(22)19(13-15)23-2/h10,12-14,20,22H,3-9,11H2,1-2H3/b16-14-. The Kier molecular flexibility index (Phi) is 8.88. The van der Waals surface area contributed by atoms with Crippen molar-refractivity contribution in [2.75, 3.05) is 7.11 Å². The summed E-state index contributed by atoms with van der Waals surface area (Å²) in [6.45, 7) is 2.17. The first-order valence-electron chi connectivity index (χ1n) is 8.35. The summed E-state index contributed by atoms with van der Waals surface area (Å²) in [6.07, 6.45) is 8.41. The second-order valence-electron chi connectivity index (χ2n) is 5.77. The lowest BCUT2D eigenvalue weighted by atomic mass is 10.1. The van der Waals surface area contributed by atoms with Crippen LogP contribution < -0.4 is 4.74 Å². The molecule has 0 fully saturated rings. The van der Waals surface area contributed by atoms with Crippen LogP contribution in [0.1, 0.15) is 57.4 Å². The number of hydrogen-bond donors (Lipinski definition) is 2. The van der Waals surface area contributed by atoms with Gasteiger partial charge in [-0.1, -0.05) is 38.7 Å². The minimum Gasteiger partial charge on any atom is -0.512 e. The van der Waals surface area contributed by atoms with Gasteiger partial charge in [0.15, 0.2) is 17.3 Å². The lowest BCUT2D eigenvalue weighted by Crippen LogP contribution is -1.99. The number of phenolic OH excluding ortho intramolecular Hbond substituents is 1. The minimum absolute atomic E-state index is 0.0805. The Morgan fingerprint density at radius 2 is 1.91 bits per heavy atom. The topological polar surface area (TPSA) is 66.8 Å².